The van der Waals surface area contributed by atoms with Crippen molar-refractivity contribution in [1.29, 1.82) is 0 Å². The van der Waals surface area contributed by atoms with E-state index >= 15 is 0 Å². The monoisotopic (exact) mass is 447 g/mol. The molecule has 0 fully saturated rings. The topological polar surface area (TPSA) is 65.2 Å². The van der Waals surface area contributed by atoms with E-state index in [1.165, 1.54) is 34.7 Å². The van der Waals surface area contributed by atoms with Gasteiger partial charge in [-0.25, -0.2) is 4.39 Å². The lowest BCUT2D eigenvalue weighted by molar-refractivity contribution is -0.134. The lowest BCUT2D eigenvalue weighted by Gasteiger charge is -2.31. The number of carbonyl (C=O) groups is 2. The number of carbonyl (C=O) groups excluding carboxylic acids is 2. The van der Waals surface area contributed by atoms with Crippen LogP contribution in [0.4, 0.5) is 4.39 Å². The van der Waals surface area contributed by atoms with Crippen molar-refractivity contribution in [1.82, 2.24) is 15.2 Å². The molecular weight excluding hydrogens is 425 g/mol. The molecule has 1 aliphatic heterocycles. The van der Waals surface area contributed by atoms with Crippen molar-refractivity contribution in [2.24, 2.45) is 0 Å². The first-order valence-corrected chi connectivity index (χ1v) is 11.4. The fourth-order valence-electron chi connectivity index (χ4n) is 4.22. The van der Waals surface area contributed by atoms with Crippen LogP contribution in [0, 0.1) is 5.82 Å². The molecule has 0 unspecified atom stereocenters. The first-order valence-electron chi connectivity index (χ1n) is 10.5. The Labute approximate surface area is 188 Å². The number of benzene rings is 2. The van der Waals surface area contributed by atoms with Crippen molar-refractivity contribution in [3.8, 4) is 0 Å². The molecule has 162 valence electrons. The summed E-state index contributed by atoms with van der Waals surface area (Å²) in [5.41, 5.74) is 3.44. The number of thiophene rings is 1. The molecule has 0 bridgehead atoms. The van der Waals surface area contributed by atoms with Gasteiger partial charge in [-0.1, -0.05) is 18.2 Å². The molecule has 0 aliphatic carbocycles. The minimum Gasteiger partial charge on any atom is -0.361 e. The number of para-hydroxylation sites is 1. The Morgan fingerprint density at radius 2 is 1.94 bits per heavy atom. The van der Waals surface area contributed by atoms with Crippen molar-refractivity contribution < 1.29 is 14.0 Å². The molecule has 2 N–H and O–H groups in total. The second-order valence-corrected chi connectivity index (χ2v) is 8.98. The number of aromatic amines is 1. The highest BCUT2D eigenvalue weighted by molar-refractivity contribution is 7.10. The van der Waals surface area contributed by atoms with E-state index < -0.39 is 17.8 Å². The van der Waals surface area contributed by atoms with Crippen LogP contribution in [0.25, 0.3) is 10.9 Å². The Balaban J connectivity index is 1.42. The number of H-pyrrole nitrogens is 1. The predicted octanol–water partition coefficient (Wildman–Crippen LogP) is 4.29. The molecule has 2 aromatic carbocycles. The van der Waals surface area contributed by atoms with Gasteiger partial charge >= 0.3 is 0 Å². The zero-order valence-corrected chi connectivity index (χ0v) is 18.1. The van der Waals surface area contributed by atoms with E-state index in [0.717, 1.165) is 22.9 Å². The first-order chi connectivity index (χ1) is 15.6. The summed E-state index contributed by atoms with van der Waals surface area (Å²) in [6.45, 7) is 1.18. The van der Waals surface area contributed by atoms with Gasteiger partial charge in [0.15, 0.2) is 0 Å². The normalized spacial score (nSPS) is 14.2. The zero-order valence-electron chi connectivity index (χ0n) is 17.3. The molecule has 5 rings (SSSR count). The van der Waals surface area contributed by atoms with E-state index in [2.05, 4.69) is 21.7 Å². The minimum atomic E-state index is -0.730. The molecule has 0 radical (unpaired) electrons. The van der Waals surface area contributed by atoms with E-state index in [1.54, 1.807) is 11.3 Å². The van der Waals surface area contributed by atoms with Gasteiger partial charge in [-0.15, -0.1) is 11.3 Å². The number of hydrogen-bond donors (Lipinski definition) is 2. The average Bonchev–Trinajstić information content (AvgIpc) is 3.45. The Bertz CT molecular complexity index is 1280. The molecule has 0 spiro atoms. The summed E-state index contributed by atoms with van der Waals surface area (Å²) in [5.74, 6) is -0.910. The van der Waals surface area contributed by atoms with Gasteiger partial charge in [0.1, 0.15) is 11.9 Å². The summed E-state index contributed by atoms with van der Waals surface area (Å²) in [4.78, 5) is 32.8. The van der Waals surface area contributed by atoms with Gasteiger partial charge in [-0.2, -0.15) is 0 Å². The number of rotatable bonds is 5. The number of amides is 2. The number of aromatic nitrogens is 1. The van der Waals surface area contributed by atoms with Crippen LogP contribution in [0.15, 0.2) is 66.2 Å². The first kappa shape index (κ1) is 20.5. The summed E-state index contributed by atoms with van der Waals surface area (Å²) < 4.78 is 13.3. The van der Waals surface area contributed by atoms with Crippen LogP contribution in [-0.2, 0) is 24.2 Å². The maximum absolute atomic E-state index is 13.6. The van der Waals surface area contributed by atoms with Crippen LogP contribution in [0.5, 0.6) is 0 Å². The second kappa shape index (κ2) is 8.59. The standard InChI is InChI=1S/C25H22FN3O2S/c26-19-7-5-16(6-8-19)24(30)28-22(13-18-14-27-21-4-2-1-3-20(18)21)25(31)29-11-9-23-17(15-29)10-12-32-23/h1-8,10,12,14,22,27H,9,11,13,15H2,(H,28,30)/t22-/m0/s1. The van der Waals surface area contributed by atoms with Crippen LogP contribution in [0.3, 0.4) is 0 Å². The number of halogens is 1. The lowest BCUT2D eigenvalue weighted by Crippen LogP contribution is -2.50. The molecule has 3 heterocycles. The van der Waals surface area contributed by atoms with E-state index in [0.29, 0.717) is 25.1 Å². The lowest BCUT2D eigenvalue weighted by atomic mass is 10.0. The summed E-state index contributed by atoms with van der Waals surface area (Å²) in [7, 11) is 0. The van der Waals surface area contributed by atoms with Crippen molar-refractivity contribution >= 4 is 34.1 Å². The Morgan fingerprint density at radius 1 is 1.12 bits per heavy atom. The van der Waals surface area contributed by atoms with Gasteiger partial charge in [-0.3, -0.25) is 9.59 Å². The van der Waals surface area contributed by atoms with E-state index in [4.69, 9.17) is 0 Å². The van der Waals surface area contributed by atoms with Gasteiger partial charge < -0.3 is 15.2 Å². The van der Waals surface area contributed by atoms with Gasteiger partial charge in [-0.05, 0) is 59.3 Å². The van der Waals surface area contributed by atoms with Crippen LogP contribution in [-0.4, -0.2) is 34.3 Å². The molecule has 4 aromatic rings. The number of fused-ring (bicyclic) bond motifs is 2. The molecule has 0 saturated heterocycles. The predicted molar refractivity (Wildman–Crippen MR) is 123 cm³/mol. The van der Waals surface area contributed by atoms with Crippen LogP contribution in [0.2, 0.25) is 0 Å². The zero-order chi connectivity index (χ0) is 22.1. The Hall–Kier alpha value is -3.45. The van der Waals surface area contributed by atoms with Crippen molar-refractivity contribution in [2.75, 3.05) is 6.54 Å². The highest BCUT2D eigenvalue weighted by atomic mass is 32.1. The quantitative estimate of drug-likeness (QED) is 0.479. The third kappa shape index (κ3) is 4.03. The van der Waals surface area contributed by atoms with Gasteiger partial charge in [0.05, 0.1) is 0 Å². The minimum absolute atomic E-state index is 0.109. The van der Waals surface area contributed by atoms with Gasteiger partial charge in [0.25, 0.3) is 5.91 Å². The number of nitrogens with zero attached hydrogens (tertiary/aromatic N) is 1. The van der Waals surface area contributed by atoms with Crippen molar-refractivity contribution in [3.05, 3.63) is 93.6 Å². The maximum atomic E-state index is 13.6. The SMILES string of the molecule is O=C(N[C@@H](Cc1c[nH]c2ccccc12)C(=O)N1CCc2sccc2C1)c1ccc(F)cc1. The van der Waals surface area contributed by atoms with E-state index in [9.17, 15) is 14.0 Å². The van der Waals surface area contributed by atoms with Crippen LogP contribution < -0.4 is 5.32 Å². The maximum Gasteiger partial charge on any atom is 0.251 e. The summed E-state index contributed by atoms with van der Waals surface area (Å²) in [5, 5.41) is 5.99. The smallest absolute Gasteiger partial charge is 0.251 e. The fourth-order valence-corrected chi connectivity index (χ4v) is 5.11. The molecule has 5 nitrogen and oxygen atoms in total. The molecule has 2 amide bonds. The van der Waals surface area contributed by atoms with Gasteiger partial charge in [0, 0.05) is 47.1 Å². The Kier molecular flexibility index (Phi) is 5.49. The molecule has 32 heavy (non-hydrogen) atoms. The molecule has 2 aromatic heterocycles. The second-order valence-electron chi connectivity index (χ2n) is 7.98. The fraction of sp³-hybridized carbons (Fsp3) is 0.200. The average molecular weight is 448 g/mol. The molecule has 1 aliphatic rings. The highest BCUT2D eigenvalue weighted by Crippen LogP contribution is 2.25. The third-order valence-electron chi connectivity index (χ3n) is 5.93. The largest absolute Gasteiger partial charge is 0.361 e. The summed E-state index contributed by atoms with van der Waals surface area (Å²) in [6, 6.07) is 14.6. The van der Waals surface area contributed by atoms with Crippen LogP contribution in [0.1, 0.15) is 26.4 Å². The number of nitrogens with one attached hydrogen (secondary N) is 2. The van der Waals surface area contributed by atoms with Crippen molar-refractivity contribution in [3.63, 3.8) is 0 Å². The molecule has 0 saturated carbocycles. The number of hydrogen-bond acceptors (Lipinski definition) is 3. The Morgan fingerprint density at radius 3 is 2.78 bits per heavy atom. The molecule has 1 atom stereocenters. The summed E-state index contributed by atoms with van der Waals surface area (Å²) in [6.07, 6.45) is 3.08. The van der Waals surface area contributed by atoms with E-state index in [-0.39, 0.29) is 5.91 Å². The van der Waals surface area contributed by atoms with E-state index in [1.807, 2.05) is 35.4 Å². The van der Waals surface area contributed by atoms with Crippen LogP contribution >= 0.6 is 11.3 Å². The van der Waals surface area contributed by atoms with Crippen molar-refractivity contribution in [2.45, 2.75) is 25.4 Å². The molecular formula is C25H22FN3O2S. The van der Waals surface area contributed by atoms with Gasteiger partial charge in [0.2, 0.25) is 5.91 Å². The summed E-state index contributed by atoms with van der Waals surface area (Å²) >= 11 is 1.72. The third-order valence-corrected chi connectivity index (χ3v) is 6.95. The molecule has 7 heteroatoms. The highest BCUT2D eigenvalue weighted by Gasteiger charge is 2.30.